The lowest BCUT2D eigenvalue weighted by Crippen LogP contribution is -2.58. The maximum absolute atomic E-state index is 12.6. The molecule has 1 rings (SSSR count). The van der Waals surface area contributed by atoms with Gasteiger partial charge in [-0.25, -0.2) is 9.78 Å². The summed E-state index contributed by atoms with van der Waals surface area (Å²) >= 11 is 4.02. The summed E-state index contributed by atoms with van der Waals surface area (Å²) in [4.78, 5) is 66.8. The second-order valence-corrected chi connectivity index (χ2v) is 7.79. The minimum atomic E-state index is -1.37. The van der Waals surface area contributed by atoms with Crippen molar-refractivity contribution in [2.45, 2.75) is 50.9 Å². The first-order valence-electron chi connectivity index (χ1n) is 9.72. The van der Waals surface area contributed by atoms with Crippen molar-refractivity contribution in [1.82, 2.24) is 25.9 Å². The molecule has 1 aromatic rings. The molecule has 0 saturated carbocycles. The predicted molar refractivity (Wildman–Crippen MR) is 116 cm³/mol. The zero-order valence-electron chi connectivity index (χ0n) is 17.7. The number of hydrogen-bond acceptors (Lipinski definition) is 8. The first kappa shape index (κ1) is 26.9. The average molecular weight is 472 g/mol. The highest BCUT2D eigenvalue weighted by molar-refractivity contribution is 7.80. The smallest absolute Gasteiger partial charge is 0.326 e. The molecular weight excluding hydrogens is 442 g/mol. The standard InChI is InChI=1S/C18H29N7O6S/c1-8(2)14(20)17(29)23-10(4-13(19)26)15(27)25-12(6-32)16(28)24-11(18(30)31)3-9-5-21-7-22-9/h5,7-8,10-12,14,32H,3-4,6,20H2,1-2H3,(H2,19,26)(H,21,22)(H,23,29)(H,24,28)(H,25,27)(H,30,31). The molecule has 0 bridgehead atoms. The number of hydrogen-bond donors (Lipinski definition) is 8. The highest BCUT2D eigenvalue weighted by Crippen LogP contribution is 2.03. The van der Waals surface area contributed by atoms with Crippen LogP contribution in [-0.2, 0) is 30.4 Å². The summed E-state index contributed by atoms with van der Waals surface area (Å²) in [5.41, 5.74) is 11.4. The van der Waals surface area contributed by atoms with Gasteiger partial charge in [0.05, 0.1) is 18.8 Å². The number of primary amides is 1. The van der Waals surface area contributed by atoms with E-state index in [1.165, 1.54) is 12.5 Å². The van der Waals surface area contributed by atoms with Crippen molar-refractivity contribution in [2.24, 2.45) is 17.4 Å². The lowest BCUT2D eigenvalue weighted by atomic mass is 10.0. The van der Waals surface area contributed by atoms with Crippen molar-refractivity contribution in [2.75, 3.05) is 5.75 Å². The number of nitrogens with two attached hydrogens (primary N) is 2. The molecule has 4 amide bonds. The van der Waals surface area contributed by atoms with Crippen molar-refractivity contribution in [3.8, 4) is 0 Å². The monoisotopic (exact) mass is 471 g/mol. The number of aromatic nitrogens is 2. The molecule has 32 heavy (non-hydrogen) atoms. The summed E-state index contributed by atoms with van der Waals surface area (Å²) in [6, 6.07) is -4.85. The van der Waals surface area contributed by atoms with Crippen LogP contribution in [-0.4, -0.2) is 74.6 Å². The van der Waals surface area contributed by atoms with E-state index in [-0.39, 0.29) is 18.1 Å². The Morgan fingerprint density at radius 3 is 2.09 bits per heavy atom. The first-order chi connectivity index (χ1) is 15.0. The highest BCUT2D eigenvalue weighted by Gasteiger charge is 2.31. The molecule has 178 valence electrons. The van der Waals surface area contributed by atoms with E-state index in [4.69, 9.17) is 11.5 Å². The Hall–Kier alpha value is -3.13. The molecule has 14 heteroatoms. The lowest BCUT2D eigenvalue weighted by molar-refractivity contribution is -0.142. The van der Waals surface area contributed by atoms with Crippen LogP contribution in [0.25, 0.3) is 0 Å². The van der Waals surface area contributed by atoms with Crippen LogP contribution in [0.4, 0.5) is 0 Å². The van der Waals surface area contributed by atoms with E-state index < -0.39 is 60.2 Å². The van der Waals surface area contributed by atoms with Gasteiger partial charge in [0, 0.05) is 24.1 Å². The van der Waals surface area contributed by atoms with Gasteiger partial charge in [-0.3, -0.25) is 19.2 Å². The number of nitrogens with one attached hydrogen (secondary N) is 4. The summed E-state index contributed by atoms with van der Waals surface area (Å²) in [6.45, 7) is 3.41. The molecule has 0 spiro atoms. The second kappa shape index (κ2) is 12.7. The van der Waals surface area contributed by atoms with Gasteiger partial charge in [0.2, 0.25) is 23.6 Å². The van der Waals surface area contributed by atoms with E-state index in [0.717, 1.165) is 0 Å². The van der Waals surface area contributed by atoms with Crippen molar-refractivity contribution in [1.29, 1.82) is 0 Å². The number of rotatable bonds is 13. The number of aromatic amines is 1. The van der Waals surface area contributed by atoms with Gasteiger partial charge in [0.25, 0.3) is 0 Å². The zero-order chi connectivity index (χ0) is 24.4. The number of nitrogens with zero attached hydrogens (tertiary/aromatic N) is 1. The van der Waals surface area contributed by atoms with E-state index in [1.54, 1.807) is 13.8 Å². The molecule has 0 radical (unpaired) electrons. The molecule has 0 aliphatic rings. The number of carboxylic acid groups (broad SMARTS) is 1. The molecule has 9 N–H and O–H groups in total. The van der Waals surface area contributed by atoms with E-state index in [1.807, 2.05) is 0 Å². The maximum atomic E-state index is 12.6. The number of thiol groups is 1. The Kier molecular flexibility index (Phi) is 10.6. The number of carboxylic acids is 1. The fourth-order valence-corrected chi connectivity index (χ4v) is 2.79. The predicted octanol–water partition coefficient (Wildman–Crippen LogP) is -2.72. The number of carbonyl (C=O) groups excluding carboxylic acids is 4. The summed E-state index contributed by atoms with van der Waals surface area (Å²) in [5.74, 6) is -4.92. The van der Waals surface area contributed by atoms with E-state index in [9.17, 15) is 29.1 Å². The van der Waals surface area contributed by atoms with Crippen LogP contribution in [0.3, 0.4) is 0 Å². The second-order valence-electron chi connectivity index (χ2n) is 7.43. The lowest BCUT2D eigenvalue weighted by Gasteiger charge is -2.24. The van der Waals surface area contributed by atoms with Crippen LogP contribution in [0.5, 0.6) is 0 Å². The third-order valence-corrected chi connectivity index (χ3v) is 4.83. The SMILES string of the molecule is CC(C)C(N)C(=O)NC(CC(N)=O)C(=O)NC(CS)C(=O)NC(Cc1cnc[nH]1)C(=O)O. The summed E-state index contributed by atoms with van der Waals surface area (Å²) in [7, 11) is 0. The van der Waals surface area contributed by atoms with Gasteiger partial charge in [-0.1, -0.05) is 13.8 Å². The van der Waals surface area contributed by atoms with Crippen molar-refractivity contribution in [3.63, 3.8) is 0 Å². The Bertz CT molecular complexity index is 817. The van der Waals surface area contributed by atoms with Gasteiger partial charge < -0.3 is 37.5 Å². The topological polar surface area (TPSA) is 222 Å². The molecule has 4 unspecified atom stereocenters. The van der Waals surface area contributed by atoms with Gasteiger partial charge in [-0.2, -0.15) is 12.6 Å². The quantitative estimate of drug-likeness (QED) is 0.141. The molecule has 0 fully saturated rings. The molecule has 0 aromatic carbocycles. The molecule has 0 saturated heterocycles. The summed E-state index contributed by atoms with van der Waals surface area (Å²) in [5, 5.41) is 16.4. The normalized spacial score (nSPS) is 14.7. The van der Waals surface area contributed by atoms with Crippen LogP contribution < -0.4 is 27.4 Å². The highest BCUT2D eigenvalue weighted by atomic mass is 32.1. The van der Waals surface area contributed by atoms with Gasteiger partial charge in [0.1, 0.15) is 18.1 Å². The third-order valence-electron chi connectivity index (χ3n) is 4.47. The Morgan fingerprint density at radius 1 is 1.06 bits per heavy atom. The number of amides is 4. The third kappa shape index (κ3) is 8.55. The number of H-pyrrole nitrogens is 1. The fourth-order valence-electron chi connectivity index (χ4n) is 2.54. The van der Waals surface area contributed by atoms with E-state index >= 15 is 0 Å². The minimum Gasteiger partial charge on any atom is -0.480 e. The molecule has 4 atom stereocenters. The molecule has 1 aromatic heterocycles. The van der Waals surface area contributed by atoms with Gasteiger partial charge in [0.15, 0.2) is 0 Å². The van der Waals surface area contributed by atoms with Crippen molar-refractivity contribution in [3.05, 3.63) is 18.2 Å². The van der Waals surface area contributed by atoms with Gasteiger partial charge >= 0.3 is 5.97 Å². The van der Waals surface area contributed by atoms with Crippen molar-refractivity contribution >= 4 is 42.2 Å². The fraction of sp³-hybridized carbons (Fsp3) is 0.556. The number of aliphatic carboxylic acids is 1. The summed E-state index contributed by atoms with van der Waals surface area (Å²) < 4.78 is 0. The molecular formula is C18H29N7O6S. The van der Waals surface area contributed by atoms with E-state index in [0.29, 0.717) is 5.69 Å². The Labute approximate surface area is 189 Å². The van der Waals surface area contributed by atoms with Gasteiger partial charge in [-0.15, -0.1) is 0 Å². The van der Waals surface area contributed by atoms with Crippen LogP contribution in [0.2, 0.25) is 0 Å². The number of carbonyl (C=O) groups is 5. The van der Waals surface area contributed by atoms with Crippen molar-refractivity contribution < 1.29 is 29.1 Å². The molecule has 1 heterocycles. The van der Waals surface area contributed by atoms with Crippen LogP contribution >= 0.6 is 12.6 Å². The first-order valence-corrected chi connectivity index (χ1v) is 10.3. The average Bonchev–Trinajstić information content (AvgIpc) is 3.22. The number of imidazole rings is 1. The van der Waals surface area contributed by atoms with Crippen LogP contribution in [0.15, 0.2) is 12.5 Å². The molecule has 13 nitrogen and oxygen atoms in total. The van der Waals surface area contributed by atoms with Crippen LogP contribution in [0.1, 0.15) is 26.0 Å². The Balaban J connectivity index is 2.86. The largest absolute Gasteiger partial charge is 0.480 e. The van der Waals surface area contributed by atoms with Crippen LogP contribution in [0, 0.1) is 5.92 Å². The summed E-state index contributed by atoms with van der Waals surface area (Å²) in [6.07, 6.45) is 2.19. The zero-order valence-corrected chi connectivity index (χ0v) is 18.6. The van der Waals surface area contributed by atoms with E-state index in [2.05, 4.69) is 38.5 Å². The molecule has 0 aliphatic heterocycles. The van der Waals surface area contributed by atoms with Gasteiger partial charge in [-0.05, 0) is 5.92 Å². The minimum absolute atomic E-state index is 0.0677. The Morgan fingerprint density at radius 2 is 1.62 bits per heavy atom. The molecule has 0 aliphatic carbocycles. The maximum Gasteiger partial charge on any atom is 0.326 e.